The third kappa shape index (κ3) is 2.82. The van der Waals surface area contributed by atoms with Crippen molar-refractivity contribution >= 4 is 0 Å². The molecule has 0 amide bonds. The van der Waals surface area contributed by atoms with Crippen molar-refractivity contribution in [2.24, 2.45) is 0 Å². The van der Waals surface area contributed by atoms with E-state index in [2.05, 4.69) is 18.9 Å². The first kappa shape index (κ1) is 9.05. The van der Waals surface area contributed by atoms with Crippen LogP contribution in [-0.4, -0.2) is 24.5 Å². The van der Waals surface area contributed by atoms with Crippen molar-refractivity contribution in [3.05, 3.63) is 6.92 Å². The van der Waals surface area contributed by atoms with Crippen LogP contribution >= 0.6 is 0 Å². The molecule has 0 heterocycles. The molecule has 0 saturated heterocycles. The second-order valence-corrected chi connectivity index (χ2v) is 3.63. The number of hydrogen-bond donors (Lipinski definition) is 0. The van der Waals surface area contributed by atoms with Gasteiger partial charge in [0.05, 0.1) is 0 Å². The summed E-state index contributed by atoms with van der Waals surface area (Å²) < 4.78 is 0. The van der Waals surface area contributed by atoms with E-state index in [-0.39, 0.29) is 0 Å². The van der Waals surface area contributed by atoms with Crippen LogP contribution in [0.5, 0.6) is 0 Å². The van der Waals surface area contributed by atoms with Gasteiger partial charge >= 0.3 is 0 Å². The summed E-state index contributed by atoms with van der Waals surface area (Å²) in [6.45, 7) is 5.10. The monoisotopic (exact) mass is 154 g/mol. The molecule has 1 fully saturated rings. The summed E-state index contributed by atoms with van der Waals surface area (Å²) in [6.07, 6.45) is 8.07. The van der Waals surface area contributed by atoms with Gasteiger partial charge in [0.15, 0.2) is 0 Å². The zero-order valence-corrected chi connectivity index (χ0v) is 7.68. The average Bonchev–Trinajstić information content (AvgIpc) is 2.52. The van der Waals surface area contributed by atoms with Gasteiger partial charge in [-0.2, -0.15) is 0 Å². The minimum absolute atomic E-state index is 0.890. The molecule has 11 heavy (non-hydrogen) atoms. The van der Waals surface area contributed by atoms with E-state index in [1.165, 1.54) is 38.6 Å². The van der Waals surface area contributed by atoms with Crippen LogP contribution in [0.4, 0.5) is 0 Å². The highest BCUT2D eigenvalue weighted by atomic mass is 15.1. The topological polar surface area (TPSA) is 3.24 Å². The normalized spacial score (nSPS) is 19.9. The Morgan fingerprint density at radius 3 is 2.55 bits per heavy atom. The van der Waals surface area contributed by atoms with Gasteiger partial charge in [0, 0.05) is 6.04 Å². The van der Waals surface area contributed by atoms with Gasteiger partial charge in [-0.15, -0.1) is 0 Å². The Hall–Kier alpha value is -0.0400. The third-order valence-corrected chi connectivity index (χ3v) is 2.71. The van der Waals surface area contributed by atoms with Gasteiger partial charge in [-0.1, -0.05) is 26.2 Å². The summed E-state index contributed by atoms with van der Waals surface area (Å²) in [7, 11) is 2.26. The molecule has 0 aromatic heterocycles. The first-order chi connectivity index (χ1) is 5.34. The van der Waals surface area contributed by atoms with Gasteiger partial charge in [-0.25, -0.2) is 0 Å². The number of rotatable bonds is 4. The highest BCUT2D eigenvalue weighted by Gasteiger charge is 2.18. The zero-order chi connectivity index (χ0) is 8.10. The molecule has 0 bridgehead atoms. The molecule has 1 heteroatoms. The Kier molecular flexibility index (Phi) is 3.92. The van der Waals surface area contributed by atoms with Gasteiger partial charge in [-0.3, -0.25) is 0 Å². The van der Waals surface area contributed by atoms with E-state index in [1.807, 2.05) is 0 Å². The standard InChI is InChI=1S/C10H20N/c1-3-4-9-11(2)10-7-5-6-8-10/h10H,1,3-9H2,2H3. The van der Waals surface area contributed by atoms with E-state index in [4.69, 9.17) is 0 Å². The van der Waals surface area contributed by atoms with Crippen LogP contribution in [0.3, 0.4) is 0 Å². The Labute approximate surface area is 70.8 Å². The third-order valence-electron chi connectivity index (χ3n) is 2.71. The highest BCUT2D eigenvalue weighted by Crippen LogP contribution is 2.22. The SMILES string of the molecule is [CH2]CCCN(C)C1CCCC1. The predicted molar refractivity (Wildman–Crippen MR) is 49.5 cm³/mol. The van der Waals surface area contributed by atoms with E-state index < -0.39 is 0 Å². The number of unbranched alkanes of at least 4 members (excludes halogenated alkanes) is 1. The molecule has 0 N–H and O–H groups in total. The smallest absolute Gasteiger partial charge is 0.00922 e. The van der Waals surface area contributed by atoms with Gasteiger partial charge in [0.2, 0.25) is 0 Å². The Bertz CT molecular complexity index is 95.0. The molecule has 0 aliphatic heterocycles. The molecule has 0 aromatic rings. The van der Waals surface area contributed by atoms with E-state index in [1.54, 1.807) is 0 Å². The van der Waals surface area contributed by atoms with Crippen molar-refractivity contribution in [3.8, 4) is 0 Å². The molecular weight excluding hydrogens is 134 g/mol. The zero-order valence-electron chi connectivity index (χ0n) is 7.68. The molecule has 1 aliphatic rings. The van der Waals surface area contributed by atoms with Crippen molar-refractivity contribution in [1.82, 2.24) is 4.90 Å². The minimum Gasteiger partial charge on any atom is -0.303 e. The molecule has 0 unspecified atom stereocenters. The molecule has 1 aliphatic carbocycles. The fraction of sp³-hybridized carbons (Fsp3) is 0.900. The molecular formula is C10H20N. The van der Waals surface area contributed by atoms with Crippen LogP contribution in [0.1, 0.15) is 38.5 Å². The fourth-order valence-corrected chi connectivity index (χ4v) is 1.89. The maximum absolute atomic E-state index is 3.86. The maximum Gasteiger partial charge on any atom is 0.00922 e. The number of nitrogens with zero attached hydrogens (tertiary/aromatic N) is 1. The van der Waals surface area contributed by atoms with Gasteiger partial charge in [0.25, 0.3) is 0 Å². The van der Waals surface area contributed by atoms with E-state index in [0.717, 1.165) is 12.5 Å². The number of hydrogen-bond acceptors (Lipinski definition) is 1. The highest BCUT2D eigenvalue weighted by molar-refractivity contribution is 4.74. The lowest BCUT2D eigenvalue weighted by Crippen LogP contribution is -2.29. The summed E-state index contributed by atoms with van der Waals surface area (Å²) in [6, 6.07) is 0.890. The maximum atomic E-state index is 3.86. The van der Waals surface area contributed by atoms with Crippen molar-refractivity contribution in [1.29, 1.82) is 0 Å². The van der Waals surface area contributed by atoms with E-state index in [0.29, 0.717) is 0 Å². The van der Waals surface area contributed by atoms with E-state index in [9.17, 15) is 0 Å². The Morgan fingerprint density at radius 1 is 1.36 bits per heavy atom. The Morgan fingerprint density at radius 2 is 2.00 bits per heavy atom. The summed E-state index contributed by atoms with van der Waals surface area (Å²) in [5.74, 6) is 0. The first-order valence-corrected chi connectivity index (χ1v) is 4.84. The molecule has 65 valence electrons. The van der Waals surface area contributed by atoms with Gasteiger partial charge in [0.1, 0.15) is 0 Å². The van der Waals surface area contributed by atoms with Crippen LogP contribution in [0.25, 0.3) is 0 Å². The second kappa shape index (κ2) is 4.76. The molecule has 0 atom stereocenters. The van der Waals surface area contributed by atoms with Crippen molar-refractivity contribution in [2.75, 3.05) is 13.6 Å². The lowest BCUT2D eigenvalue weighted by atomic mass is 10.2. The Balaban J connectivity index is 2.12. The summed E-state index contributed by atoms with van der Waals surface area (Å²) >= 11 is 0. The van der Waals surface area contributed by atoms with E-state index >= 15 is 0 Å². The van der Waals surface area contributed by atoms with Gasteiger partial charge < -0.3 is 4.90 Å². The summed E-state index contributed by atoms with van der Waals surface area (Å²) in [5, 5.41) is 0. The lowest BCUT2D eigenvalue weighted by molar-refractivity contribution is 0.243. The average molecular weight is 154 g/mol. The van der Waals surface area contributed by atoms with Crippen molar-refractivity contribution in [3.63, 3.8) is 0 Å². The lowest BCUT2D eigenvalue weighted by Gasteiger charge is -2.23. The van der Waals surface area contributed by atoms with Crippen LogP contribution < -0.4 is 0 Å². The quantitative estimate of drug-likeness (QED) is 0.601. The van der Waals surface area contributed by atoms with Gasteiger partial charge in [-0.05, 0) is 32.9 Å². The molecule has 0 aromatic carbocycles. The van der Waals surface area contributed by atoms with Crippen molar-refractivity contribution < 1.29 is 0 Å². The van der Waals surface area contributed by atoms with Crippen molar-refractivity contribution in [2.45, 2.75) is 44.6 Å². The molecule has 1 nitrogen and oxygen atoms in total. The van der Waals surface area contributed by atoms with Crippen LogP contribution in [0.15, 0.2) is 0 Å². The molecule has 1 saturated carbocycles. The molecule has 1 rings (SSSR count). The predicted octanol–water partition coefficient (Wildman–Crippen LogP) is 2.48. The fourth-order valence-electron chi connectivity index (χ4n) is 1.89. The molecule has 0 spiro atoms. The molecule has 1 radical (unpaired) electrons. The minimum atomic E-state index is 0.890. The summed E-state index contributed by atoms with van der Waals surface area (Å²) in [5.41, 5.74) is 0. The largest absolute Gasteiger partial charge is 0.303 e. The first-order valence-electron chi connectivity index (χ1n) is 4.84. The van der Waals surface area contributed by atoms with Crippen LogP contribution in [0, 0.1) is 6.92 Å². The van der Waals surface area contributed by atoms with Crippen LogP contribution in [-0.2, 0) is 0 Å². The summed E-state index contributed by atoms with van der Waals surface area (Å²) in [4.78, 5) is 2.51. The second-order valence-electron chi connectivity index (χ2n) is 3.63. The van der Waals surface area contributed by atoms with Crippen LogP contribution in [0.2, 0.25) is 0 Å².